The van der Waals surface area contributed by atoms with Gasteiger partial charge in [-0.15, -0.1) is 12.4 Å². The number of halogens is 1. The predicted molar refractivity (Wildman–Crippen MR) is 81.2 cm³/mol. The second-order valence-corrected chi connectivity index (χ2v) is 5.29. The van der Waals surface area contributed by atoms with E-state index in [0.29, 0.717) is 13.1 Å². The molecule has 0 fully saturated rings. The van der Waals surface area contributed by atoms with E-state index in [0.717, 1.165) is 6.20 Å². The van der Waals surface area contributed by atoms with Gasteiger partial charge in [-0.3, -0.25) is 19.6 Å². The zero-order chi connectivity index (χ0) is 15.3. The van der Waals surface area contributed by atoms with E-state index in [1.54, 1.807) is 0 Å². The molecular formula is C12H22ClN5O3. The fourth-order valence-electron chi connectivity index (χ4n) is 1.60. The summed E-state index contributed by atoms with van der Waals surface area (Å²) in [5.41, 5.74) is 5.16. The van der Waals surface area contributed by atoms with Crippen LogP contribution in [0.25, 0.3) is 0 Å². The predicted octanol–water partition coefficient (Wildman–Crippen LogP) is 1.09. The zero-order valence-corrected chi connectivity index (χ0v) is 13.2. The number of carbonyl (C=O) groups excluding carboxylic acids is 1. The lowest BCUT2D eigenvalue weighted by molar-refractivity contribution is -0.385. The first-order valence-corrected chi connectivity index (χ1v) is 6.46. The summed E-state index contributed by atoms with van der Waals surface area (Å²) in [6.07, 6.45) is 2.66. The van der Waals surface area contributed by atoms with Gasteiger partial charge >= 0.3 is 5.69 Å². The third-order valence-electron chi connectivity index (χ3n) is 3.52. The van der Waals surface area contributed by atoms with Crippen LogP contribution >= 0.6 is 12.4 Å². The Hall–Kier alpha value is -1.67. The molecule has 1 atom stereocenters. The maximum atomic E-state index is 11.9. The van der Waals surface area contributed by atoms with E-state index in [1.807, 2.05) is 20.8 Å². The zero-order valence-electron chi connectivity index (χ0n) is 12.4. The van der Waals surface area contributed by atoms with Gasteiger partial charge in [-0.25, -0.2) is 0 Å². The van der Waals surface area contributed by atoms with E-state index in [9.17, 15) is 14.9 Å². The quantitative estimate of drug-likeness (QED) is 0.576. The van der Waals surface area contributed by atoms with Gasteiger partial charge in [0.15, 0.2) is 0 Å². The van der Waals surface area contributed by atoms with Gasteiger partial charge in [-0.05, 0) is 12.8 Å². The van der Waals surface area contributed by atoms with Gasteiger partial charge in [0.05, 0.1) is 10.5 Å². The normalized spacial score (nSPS) is 13.4. The van der Waals surface area contributed by atoms with Crippen molar-refractivity contribution in [3.63, 3.8) is 0 Å². The van der Waals surface area contributed by atoms with Crippen molar-refractivity contribution in [1.82, 2.24) is 15.1 Å². The minimum atomic E-state index is -0.520. The van der Waals surface area contributed by atoms with Gasteiger partial charge in [0.2, 0.25) is 5.91 Å². The molecule has 1 aromatic heterocycles. The molecule has 0 radical (unpaired) electrons. The first-order chi connectivity index (χ1) is 9.28. The number of nitrogens with one attached hydrogen (secondary N) is 1. The van der Waals surface area contributed by atoms with Crippen molar-refractivity contribution in [2.24, 2.45) is 11.7 Å². The number of amides is 1. The Balaban J connectivity index is 0.00000400. The number of nitrogens with zero attached hydrogens (tertiary/aromatic N) is 3. The van der Waals surface area contributed by atoms with E-state index in [1.165, 1.54) is 10.9 Å². The van der Waals surface area contributed by atoms with E-state index >= 15 is 0 Å². The molecule has 0 aromatic carbocycles. The Labute approximate surface area is 129 Å². The van der Waals surface area contributed by atoms with Crippen molar-refractivity contribution in [3.05, 3.63) is 22.5 Å². The number of aromatic nitrogens is 2. The van der Waals surface area contributed by atoms with Crippen LogP contribution in [0.4, 0.5) is 5.69 Å². The fourth-order valence-corrected chi connectivity index (χ4v) is 1.60. The van der Waals surface area contributed by atoms with Gasteiger partial charge in [0, 0.05) is 19.5 Å². The van der Waals surface area contributed by atoms with Gasteiger partial charge in [-0.1, -0.05) is 13.8 Å². The van der Waals surface area contributed by atoms with E-state index in [4.69, 9.17) is 5.73 Å². The second-order valence-electron chi connectivity index (χ2n) is 5.29. The van der Waals surface area contributed by atoms with Gasteiger partial charge in [-0.2, -0.15) is 5.10 Å². The van der Waals surface area contributed by atoms with E-state index in [2.05, 4.69) is 10.4 Å². The van der Waals surface area contributed by atoms with Crippen molar-refractivity contribution < 1.29 is 9.72 Å². The van der Waals surface area contributed by atoms with Crippen LogP contribution in [0.2, 0.25) is 0 Å². The first kappa shape index (κ1) is 19.3. The summed E-state index contributed by atoms with van der Waals surface area (Å²) in [6.45, 7) is 6.52. The lowest BCUT2D eigenvalue weighted by atomic mass is 9.88. The van der Waals surface area contributed by atoms with E-state index in [-0.39, 0.29) is 36.3 Å². The average Bonchev–Trinajstić information content (AvgIpc) is 2.85. The van der Waals surface area contributed by atoms with Crippen LogP contribution in [0, 0.1) is 16.0 Å². The van der Waals surface area contributed by atoms with Crippen molar-refractivity contribution in [2.75, 3.05) is 6.54 Å². The van der Waals surface area contributed by atoms with Crippen molar-refractivity contribution >= 4 is 24.0 Å². The Morgan fingerprint density at radius 2 is 2.24 bits per heavy atom. The third kappa shape index (κ3) is 5.31. The molecule has 0 aliphatic heterocycles. The molecule has 1 unspecified atom stereocenters. The summed E-state index contributed by atoms with van der Waals surface area (Å²) < 4.78 is 1.38. The number of hydrogen-bond acceptors (Lipinski definition) is 5. The highest BCUT2D eigenvalue weighted by Gasteiger charge is 2.28. The molecule has 8 nitrogen and oxygen atoms in total. The molecule has 0 aliphatic carbocycles. The fraction of sp³-hybridized carbons (Fsp3) is 0.667. The highest BCUT2D eigenvalue weighted by atomic mass is 35.5. The molecule has 3 N–H and O–H groups in total. The van der Waals surface area contributed by atoms with E-state index < -0.39 is 10.5 Å². The number of carbonyl (C=O) groups is 1. The minimum absolute atomic E-state index is 0. The molecule has 1 heterocycles. The van der Waals surface area contributed by atoms with Crippen LogP contribution in [-0.2, 0) is 11.3 Å². The molecule has 0 aliphatic rings. The molecule has 1 amide bonds. The van der Waals surface area contributed by atoms with Crippen LogP contribution < -0.4 is 11.1 Å². The first-order valence-electron chi connectivity index (χ1n) is 6.46. The molecule has 9 heteroatoms. The Morgan fingerprint density at radius 1 is 1.62 bits per heavy atom. The monoisotopic (exact) mass is 319 g/mol. The van der Waals surface area contributed by atoms with Crippen molar-refractivity contribution in [1.29, 1.82) is 0 Å². The molecule has 1 rings (SSSR count). The lowest BCUT2D eigenvalue weighted by Gasteiger charge is -2.33. The van der Waals surface area contributed by atoms with Crippen molar-refractivity contribution in [2.45, 2.75) is 39.3 Å². The van der Waals surface area contributed by atoms with Gasteiger partial charge in [0.1, 0.15) is 12.4 Å². The van der Waals surface area contributed by atoms with Crippen LogP contribution in [-0.4, -0.2) is 32.7 Å². The maximum Gasteiger partial charge on any atom is 0.306 e. The summed E-state index contributed by atoms with van der Waals surface area (Å²) in [5.74, 6) is 0.0621. The molecule has 120 valence electrons. The topological polar surface area (TPSA) is 116 Å². The molecular weight excluding hydrogens is 298 g/mol. The summed E-state index contributed by atoms with van der Waals surface area (Å²) in [6, 6.07) is 0. The minimum Gasteiger partial charge on any atom is -0.349 e. The third-order valence-corrected chi connectivity index (χ3v) is 3.52. The molecule has 0 spiro atoms. The summed E-state index contributed by atoms with van der Waals surface area (Å²) in [7, 11) is 0. The SMILES string of the molecule is CC(C)C(C)(CN)NC(=O)CCn1cc([N+](=O)[O-])cn1.Cl. The maximum absolute atomic E-state index is 11.9. The highest BCUT2D eigenvalue weighted by molar-refractivity contribution is 5.85. The Morgan fingerprint density at radius 3 is 2.67 bits per heavy atom. The molecule has 1 aromatic rings. The molecule has 0 bridgehead atoms. The molecule has 0 saturated heterocycles. The summed E-state index contributed by atoms with van der Waals surface area (Å²) in [4.78, 5) is 21.9. The Kier molecular flexibility index (Phi) is 7.31. The standard InChI is InChI=1S/C12H21N5O3.ClH/c1-9(2)12(3,8-13)15-11(18)4-5-16-7-10(6-14-16)17(19)20;/h6-7,9H,4-5,8,13H2,1-3H3,(H,15,18);1H. The summed E-state index contributed by atoms with van der Waals surface area (Å²) in [5, 5.41) is 17.2. The van der Waals surface area contributed by atoms with Gasteiger partial charge < -0.3 is 11.1 Å². The number of aryl methyl sites for hydroxylation is 1. The number of rotatable bonds is 7. The van der Waals surface area contributed by atoms with Crippen LogP contribution in [0.15, 0.2) is 12.4 Å². The summed E-state index contributed by atoms with van der Waals surface area (Å²) >= 11 is 0. The number of nitrogens with two attached hydrogens (primary N) is 1. The Bertz CT molecular complexity index is 491. The van der Waals surface area contributed by atoms with Crippen LogP contribution in [0.3, 0.4) is 0 Å². The average molecular weight is 320 g/mol. The smallest absolute Gasteiger partial charge is 0.306 e. The van der Waals surface area contributed by atoms with Crippen molar-refractivity contribution in [3.8, 4) is 0 Å². The second kappa shape index (κ2) is 7.94. The number of nitro groups is 1. The van der Waals surface area contributed by atoms with Gasteiger partial charge in [0.25, 0.3) is 0 Å². The van der Waals surface area contributed by atoms with Crippen LogP contribution in [0.1, 0.15) is 27.2 Å². The molecule has 21 heavy (non-hydrogen) atoms. The highest BCUT2D eigenvalue weighted by Crippen LogP contribution is 2.15. The lowest BCUT2D eigenvalue weighted by Crippen LogP contribution is -2.55. The number of hydrogen-bond donors (Lipinski definition) is 2. The van der Waals surface area contributed by atoms with Crippen LogP contribution in [0.5, 0.6) is 0 Å². The largest absolute Gasteiger partial charge is 0.349 e. The molecule has 0 saturated carbocycles.